The van der Waals surface area contributed by atoms with Gasteiger partial charge in [-0.15, -0.1) is 0 Å². The maximum atomic E-state index is 11.4. The lowest BCUT2D eigenvalue weighted by Crippen LogP contribution is -2.31. The second-order valence-corrected chi connectivity index (χ2v) is 3.36. The van der Waals surface area contributed by atoms with Crippen LogP contribution in [0.2, 0.25) is 0 Å². The van der Waals surface area contributed by atoms with E-state index < -0.39 is 5.91 Å². The molecular weight excluding hydrogens is 238 g/mol. The molecule has 7 heteroatoms. The molecule has 7 nitrogen and oxygen atoms in total. The number of hydrogen-bond donors (Lipinski definition) is 3. The Balaban J connectivity index is 2.33. The summed E-state index contributed by atoms with van der Waals surface area (Å²) in [7, 11) is 1.54. The number of primary amides is 1. The number of anilines is 1. The van der Waals surface area contributed by atoms with Crippen molar-refractivity contribution < 1.29 is 19.2 Å². The number of amides is 2. The van der Waals surface area contributed by atoms with E-state index in [1.165, 1.54) is 0 Å². The Morgan fingerprint density at radius 3 is 2.83 bits per heavy atom. The van der Waals surface area contributed by atoms with E-state index in [0.717, 1.165) is 0 Å². The zero-order valence-electron chi connectivity index (χ0n) is 9.93. The molecule has 0 heterocycles. The first-order valence-corrected chi connectivity index (χ1v) is 5.18. The molecule has 1 aromatic carbocycles. The highest BCUT2D eigenvalue weighted by Crippen LogP contribution is 2.16. The SMILES string of the molecule is COc1cccc(NC(=O)CNOCC(N)=O)c1. The van der Waals surface area contributed by atoms with Crippen LogP contribution in [0.5, 0.6) is 5.75 Å². The molecule has 0 aliphatic rings. The van der Waals surface area contributed by atoms with Gasteiger partial charge in [-0.05, 0) is 12.1 Å². The molecule has 18 heavy (non-hydrogen) atoms. The van der Waals surface area contributed by atoms with Gasteiger partial charge in [0.1, 0.15) is 18.9 Å². The quantitative estimate of drug-likeness (QED) is 0.455. The Morgan fingerprint density at radius 2 is 2.17 bits per heavy atom. The summed E-state index contributed by atoms with van der Waals surface area (Å²) in [5.41, 5.74) is 7.78. The summed E-state index contributed by atoms with van der Waals surface area (Å²) in [5, 5.41) is 2.63. The highest BCUT2D eigenvalue weighted by Gasteiger charge is 2.03. The molecule has 0 spiro atoms. The number of nitrogens with two attached hydrogens (primary N) is 1. The van der Waals surface area contributed by atoms with Crippen LogP contribution in [0.4, 0.5) is 5.69 Å². The third-order valence-electron chi connectivity index (χ3n) is 1.90. The van der Waals surface area contributed by atoms with Crippen molar-refractivity contribution in [2.24, 2.45) is 5.73 Å². The molecule has 2 amide bonds. The van der Waals surface area contributed by atoms with Gasteiger partial charge in [-0.3, -0.25) is 14.4 Å². The van der Waals surface area contributed by atoms with E-state index in [2.05, 4.69) is 15.6 Å². The molecule has 0 fully saturated rings. The van der Waals surface area contributed by atoms with E-state index in [-0.39, 0.29) is 19.1 Å². The molecule has 0 unspecified atom stereocenters. The van der Waals surface area contributed by atoms with E-state index >= 15 is 0 Å². The van der Waals surface area contributed by atoms with Gasteiger partial charge in [0.15, 0.2) is 0 Å². The van der Waals surface area contributed by atoms with Crippen molar-refractivity contribution in [1.29, 1.82) is 0 Å². The molecule has 0 bridgehead atoms. The van der Waals surface area contributed by atoms with Gasteiger partial charge in [-0.2, -0.15) is 5.48 Å². The fourth-order valence-electron chi connectivity index (χ4n) is 1.14. The normalized spacial score (nSPS) is 9.83. The molecule has 0 atom stereocenters. The molecule has 0 aliphatic carbocycles. The minimum absolute atomic E-state index is 0.0928. The average molecular weight is 253 g/mol. The molecular formula is C11H15N3O4. The minimum Gasteiger partial charge on any atom is -0.497 e. The van der Waals surface area contributed by atoms with Gasteiger partial charge in [0.25, 0.3) is 0 Å². The van der Waals surface area contributed by atoms with Crippen LogP contribution < -0.4 is 21.3 Å². The van der Waals surface area contributed by atoms with E-state index in [9.17, 15) is 9.59 Å². The first-order chi connectivity index (χ1) is 8.61. The lowest BCUT2D eigenvalue weighted by molar-refractivity contribution is -0.127. The Kier molecular flexibility index (Phi) is 5.62. The average Bonchev–Trinajstić information content (AvgIpc) is 2.34. The molecule has 0 saturated carbocycles. The molecule has 4 N–H and O–H groups in total. The summed E-state index contributed by atoms with van der Waals surface area (Å²) in [6.45, 7) is -0.378. The standard InChI is InChI=1S/C11H15N3O4/c1-17-9-4-2-3-8(5-9)14-11(16)6-13-18-7-10(12)15/h2-5,13H,6-7H2,1H3,(H2,12,15)(H,14,16). The third kappa shape index (κ3) is 5.28. The Bertz CT molecular complexity index is 423. The smallest absolute Gasteiger partial charge is 0.245 e. The number of carbonyl (C=O) groups is 2. The predicted octanol–water partition coefficient (Wildman–Crippen LogP) is -0.360. The van der Waals surface area contributed by atoms with Gasteiger partial charge in [-0.25, -0.2) is 0 Å². The van der Waals surface area contributed by atoms with Crippen LogP contribution >= 0.6 is 0 Å². The van der Waals surface area contributed by atoms with E-state index in [0.29, 0.717) is 11.4 Å². The first-order valence-electron chi connectivity index (χ1n) is 5.18. The number of rotatable bonds is 7. The van der Waals surface area contributed by atoms with Crippen molar-refractivity contribution in [3.63, 3.8) is 0 Å². The lowest BCUT2D eigenvalue weighted by atomic mass is 10.3. The van der Waals surface area contributed by atoms with E-state index in [1.54, 1.807) is 31.4 Å². The zero-order valence-corrected chi connectivity index (χ0v) is 9.93. The largest absolute Gasteiger partial charge is 0.497 e. The summed E-state index contributed by atoms with van der Waals surface area (Å²) in [4.78, 5) is 26.4. The molecule has 1 aromatic rings. The number of benzene rings is 1. The topological polar surface area (TPSA) is 103 Å². The number of hydrogen-bond acceptors (Lipinski definition) is 5. The number of hydroxylamine groups is 1. The van der Waals surface area contributed by atoms with Crippen LogP contribution in [0.3, 0.4) is 0 Å². The molecule has 0 radical (unpaired) electrons. The third-order valence-corrected chi connectivity index (χ3v) is 1.90. The maximum Gasteiger partial charge on any atom is 0.245 e. The highest BCUT2D eigenvalue weighted by molar-refractivity contribution is 5.92. The minimum atomic E-state index is -0.615. The monoisotopic (exact) mass is 253 g/mol. The number of methoxy groups -OCH3 is 1. The molecule has 0 saturated heterocycles. The molecule has 0 aromatic heterocycles. The molecule has 0 aliphatic heterocycles. The molecule has 1 rings (SSSR count). The summed E-state index contributed by atoms with van der Waals surface area (Å²) >= 11 is 0. The second-order valence-electron chi connectivity index (χ2n) is 3.36. The van der Waals surface area contributed by atoms with Gasteiger partial charge in [0, 0.05) is 11.8 Å². The van der Waals surface area contributed by atoms with Crippen LogP contribution in [0.1, 0.15) is 0 Å². The van der Waals surface area contributed by atoms with Crippen LogP contribution in [0, 0.1) is 0 Å². The van der Waals surface area contributed by atoms with Crippen molar-refractivity contribution in [3.8, 4) is 5.75 Å². The predicted molar refractivity (Wildman–Crippen MR) is 64.8 cm³/mol. The highest BCUT2D eigenvalue weighted by atomic mass is 16.6. The van der Waals surface area contributed by atoms with E-state index in [1.807, 2.05) is 0 Å². The van der Waals surface area contributed by atoms with Crippen LogP contribution in [-0.2, 0) is 14.4 Å². The van der Waals surface area contributed by atoms with Gasteiger partial charge < -0.3 is 15.8 Å². The number of ether oxygens (including phenoxy) is 1. The maximum absolute atomic E-state index is 11.4. The Labute approximate surface area is 104 Å². The zero-order chi connectivity index (χ0) is 13.4. The number of nitrogens with one attached hydrogen (secondary N) is 2. The lowest BCUT2D eigenvalue weighted by Gasteiger charge is -2.07. The summed E-state index contributed by atoms with van der Waals surface area (Å²) < 4.78 is 5.02. The van der Waals surface area contributed by atoms with Crippen LogP contribution in [0.25, 0.3) is 0 Å². The first kappa shape index (κ1) is 13.9. The van der Waals surface area contributed by atoms with E-state index in [4.69, 9.17) is 10.5 Å². The van der Waals surface area contributed by atoms with Crippen molar-refractivity contribution in [2.45, 2.75) is 0 Å². The van der Waals surface area contributed by atoms with Crippen molar-refractivity contribution >= 4 is 17.5 Å². The van der Waals surface area contributed by atoms with Crippen LogP contribution in [-0.4, -0.2) is 32.1 Å². The number of carbonyl (C=O) groups excluding carboxylic acids is 2. The second kappa shape index (κ2) is 7.25. The van der Waals surface area contributed by atoms with Gasteiger partial charge in [0.2, 0.25) is 11.8 Å². The van der Waals surface area contributed by atoms with Gasteiger partial charge in [0.05, 0.1) is 7.11 Å². The Morgan fingerprint density at radius 1 is 1.39 bits per heavy atom. The summed E-state index contributed by atoms with van der Waals surface area (Å²) in [6, 6.07) is 6.93. The molecule has 98 valence electrons. The van der Waals surface area contributed by atoms with Gasteiger partial charge in [-0.1, -0.05) is 6.07 Å². The van der Waals surface area contributed by atoms with Crippen molar-refractivity contribution in [2.75, 3.05) is 25.6 Å². The van der Waals surface area contributed by atoms with Crippen LogP contribution in [0.15, 0.2) is 24.3 Å². The fourth-order valence-corrected chi connectivity index (χ4v) is 1.14. The van der Waals surface area contributed by atoms with Crippen molar-refractivity contribution in [3.05, 3.63) is 24.3 Å². The Hall–Kier alpha value is -2.12. The van der Waals surface area contributed by atoms with Gasteiger partial charge >= 0.3 is 0 Å². The summed E-state index contributed by atoms with van der Waals surface area (Å²) in [5.74, 6) is -0.283. The summed E-state index contributed by atoms with van der Waals surface area (Å²) in [6.07, 6.45) is 0. The van der Waals surface area contributed by atoms with Crippen molar-refractivity contribution in [1.82, 2.24) is 5.48 Å². The fraction of sp³-hybridized carbons (Fsp3) is 0.273.